The van der Waals surface area contributed by atoms with Crippen molar-refractivity contribution in [2.45, 2.75) is 43.9 Å². The van der Waals surface area contributed by atoms with Crippen LogP contribution in [0, 0.1) is 6.92 Å². The van der Waals surface area contributed by atoms with Crippen LogP contribution in [0.1, 0.15) is 28.8 Å². The predicted molar refractivity (Wildman–Crippen MR) is 110 cm³/mol. The van der Waals surface area contributed by atoms with Gasteiger partial charge in [0.15, 0.2) is 5.16 Å². The first-order valence-electron chi connectivity index (χ1n) is 9.15. The highest BCUT2D eigenvalue weighted by molar-refractivity contribution is 7.99. The molecule has 1 aromatic carbocycles. The van der Waals surface area contributed by atoms with Gasteiger partial charge in [-0.25, -0.2) is 4.98 Å². The summed E-state index contributed by atoms with van der Waals surface area (Å²) in [6.07, 6.45) is 3.71. The number of aliphatic hydroxyl groups is 1. The summed E-state index contributed by atoms with van der Waals surface area (Å²) in [5.74, 6) is 1.15. The Hall–Kier alpha value is -1.83. The van der Waals surface area contributed by atoms with Gasteiger partial charge in [-0.2, -0.15) is 0 Å². The quantitative estimate of drug-likeness (QED) is 0.486. The number of thiophene rings is 1. The van der Waals surface area contributed by atoms with Gasteiger partial charge in [-0.3, -0.25) is 4.79 Å². The van der Waals surface area contributed by atoms with Gasteiger partial charge < -0.3 is 14.8 Å². The van der Waals surface area contributed by atoms with E-state index in [2.05, 4.69) is 9.97 Å². The van der Waals surface area contributed by atoms with Crippen molar-refractivity contribution in [3.63, 3.8) is 0 Å². The van der Waals surface area contributed by atoms with Crippen LogP contribution in [0.15, 0.2) is 34.2 Å². The SMILES string of the molecule is Cc1cccc(OC[C@H](O)CSc2nc3sc4c(c3c(=O)[nH]2)CCCC4)c1. The zero-order chi connectivity index (χ0) is 18.8. The molecule has 2 heterocycles. The number of aromatic nitrogens is 2. The lowest BCUT2D eigenvalue weighted by Crippen LogP contribution is -2.20. The molecule has 27 heavy (non-hydrogen) atoms. The Labute approximate surface area is 165 Å². The van der Waals surface area contributed by atoms with E-state index in [1.165, 1.54) is 28.6 Å². The number of aromatic amines is 1. The second kappa shape index (κ2) is 8.04. The molecule has 1 aliphatic carbocycles. The zero-order valence-corrected chi connectivity index (χ0v) is 16.8. The largest absolute Gasteiger partial charge is 0.491 e. The number of nitrogens with zero attached hydrogens (tertiary/aromatic N) is 1. The van der Waals surface area contributed by atoms with Gasteiger partial charge in [-0.15, -0.1) is 11.3 Å². The number of rotatable bonds is 6. The Balaban J connectivity index is 1.40. The molecule has 2 N–H and O–H groups in total. The van der Waals surface area contributed by atoms with Gasteiger partial charge in [-0.05, 0) is 55.9 Å². The number of benzene rings is 1. The monoisotopic (exact) mass is 402 g/mol. The zero-order valence-electron chi connectivity index (χ0n) is 15.2. The van der Waals surface area contributed by atoms with Crippen molar-refractivity contribution in [1.82, 2.24) is 9.97 Å². The van der Waals surface area contributed by atoms with Crippen molar-refractivity contribution in [2.24, 2.45) is 0 Å². The number of thioether (sulfide) groups is 1. The lowest BCUT2D eigenvalue weighted by molar-refractivity contribution is 0.126. The molecule has 0 unspecified atom stereocenters. The first kappa shape index (κ1) is 18.5. The molecule has 0 saturated carbocycles. The van der Waals surface area contributed by atoms with E-state index in [4.69, 9.17) is 4.74 Å². The Morgan fingerprint density at radius 3 is 3.07 bits per heavy atom. The minimum Gasteiger partial charge on any atom is -0.491 e. The molecule has 0 aliphatic heterocycles. The summed E-state index contributed by atoms with van der Waals surface area (Å²) in [5.41, 5.74) is 2.25. The summed E-state index contributed by atoms with van der Waals surface area (Å²) >= 11 is 2.99. The fourth-order valence-corrected chi connectivity index (χ4v) is 5.42. The van der Waals surface area contributed by atoms with E-state index in [9.17, 15) is 9.90 Å². The Bertz CT molecular complexity index is 1010. The standard InChI is InChI=1S/C20H22N2O3S2/c1-12-5-4-6-14(9-12)25-10-13(23)11-26-20-21-18(24)17-15-7-2-3-8-16(15)27-19(17)22-20/h4-6,9,13,23H,2-3,7-8,10-11H2,1H3,(H,21,22,24)/t13-/m0/s1. The van der Waals surface area contributed by atoms with Crippen molar-refractivity contribution in [1.29, 1.82) is 0 Å². The summed E-state index contributed by atoms with van der Waals surface area (Å²) < 4.78 is 5.63. The van der Waals surface area contributed by atoms with Gasteiger partial charge in [-0.1, -0.05) is 23.9 Å². The summed E-state index contributed by atoms with van der Waals surface area (Å²) in [4.78, 5) is 22.1. The van der Waals surface area contributed by atoms with Gasteiger partial charge in [0.1, 0.15) is 17.2 Å². The summed E-state index contributed by atoms with van der Waals surface area (Å²) in [6, 6.07) is 7.74. The molecule has 0 bridgehead atoms. The maximum Gasteiger partial charge on any atom is 0.260 e. The maximum atomic E-state index is 12.5. The normalized spacial score (nSPS) is 14.9. The first-order valence-corrected chi connectivity index (χ1v) is 11.0. The molecule has 7 heteroatoms. The van der Waals surface area contributed by atoms with Crippen molar-refractivity contribution in [3.05, 3.63) is 50.6 Å². The molecule has 3 aromatic rings. The molecule has 2 aromatic heterocycles. The molecule has 4 rings (SSSR count). The van der Waals surface area contributed by atoms with Crippen LogP contribution in [0.25, 0.3) is 10.2 Å². The minimum atomic E-state index is -0.645. The van der Waals surface area contributed by atoms with Crippen LogP contribution in [0.3, 0.4) is 0 Å². The molecule has 0 amide bonds. The molecular formula is C20H22N2O3S2. The van der Waals surface area contributed by atoms with E-state index in [0.29, 0.717) is 10.9 Å². The number of H-pyrrole nitrogens is 1. The molecule has 1 atom stereocenters. The highest BCUT2D eigenvalue weighted by Gasteiger charge is 2.20. The third kappa shape index (κ3) is 4.20. The third-order valence-electron chi connectivity index (χ3n) is 4.65. The molecule has 0 saturated heterocycles. The van der Waals surface area contributed by atoms with Crippen LogP contribution in [0.5, 0.6) is 5.75 Å². The summed E-state index contributed by atoms with van der Waals surface area (Å²) in [6.45, 7) is 2.20. The molecule has 0 fully saturated rings. The fourth-order valence-electron chi connectivity index (χ4n) is 3.33. The number of ether oxygens (including phenoxy) is 1. The van der Waals surface area contributed by atoms with E-state index < -0.39 is 6.10 Å². The molecule has 0 radical (unpaired) electrons. The van der Waals surface area contributed by atoms with Crippen molar-refractivity contribution < 1.29 is 9.84 Å². The van der Waals surface area contributed by atoms with E-state index in [1.807, 2.05) is 31.2 Å². The van der Waals surface area contributed by atoms with E-state index in [1.54, 1.807) is 11.3 Å². The van der Waals surface area contributed by atoms with Gasteiger partial charge in [0.05, 0.1) is 11.5 Å². The number of hydrogen-bond donors (Lipinski definition) is 2. The van der Waals surface area contributed by atoms with Gasteiger partial charge in [0, 0.05) is 10.6 Å². The lowest BCUT2D eigenvalue weighted by atomic mass is 9.97. The second-order valence-electron chi connectivity index (χ2n) is 6.85. The number of nitrogens with one attached hydrogen (secondary N) is 1. The van der Waals surface area contributed by atoms with Crippen molar-refractivity contribution in [2.75, 3.05) is 12.4 Å². The summed E-state index contributed by atoms with van der Waals surface area (Å²) in [5, 5.41) is 11.5. The van der Waals surface area contributed by atoms with Crippen LogP contribution in [-0.2, 0) is 12.8 Å². The molecule has 0 spiro atoms. The average Bonchev–Trinajstić information content (AvgIpc) is 3.03. The van der Waals surface area contributed by atoms with Crippen LogP contribution in [0.2, 0.25) is 0 Å². The van der Waals surface area contributed by atoms with Crippen molar-refractivity contribution >= 4 is 33.3 Å². The first-order chi connectivity index (χ1) is 13.1. The predicted octanol–water partition coefficient (Wildman–Crippen LogP) is 3.70. The lowest BCUT2D eigenvalue weighted by Gasteiger charge is -2.12. The van der Waals surface area contributed by atoms with E-state index in [-0.39, 0.29) is 12.2 Å². The topological polar surface area (TPSA) is 75.2 Å². The fraction of sp³-hybridized carbons (Fsp3) is 0.400. The number of hydrogen-bond acceptors (Lipinski definition) is 6. The second-order valence-corrected chi connectivity index (χ2v) is 8.95. The van der Waals surface area contributed by atoms with E-state index in [0.717, 1.165) is 40.8 Å². The van der Waals surface area contributed by atoms with Crippen molar-refractivity contribution in [3.8, 4) is 5.75 Å². The van der Waals surface area contributed by atoms with Gasteiger partial charge >= 0.3 is 0 Å². The third-order valence-corrected chi connectivity index (χ3v) is 6.85. The summed E-state index contributed by atoms with van der Waals surface area (Å²) in [7, 11) is 0. The Morgan fingerprint density at radius 2 is 2.22 bits per heavy atom. The smallest absolute Gasteiger partial charge is 0.260 e. The van der Waals surface area contributed by atoms with Gasteiger partial charge in [0.25, 0.3) is 5.56 Å². The van der Waals surface area contributed by atoms with Crippen LogP contribution in [-0.4, -0.2) is 33.5 Å². The Kier molecular flexibility index (Phi) is 5.52. The molecule has 5 nitrogen and oxygen atoms in total. The number of fused-ring (bicyclic) bond motifs is 3. The maximum absolute atomic E-state index is 12.5. The highest BCUT2D eigenvalue weighted by atomic mass is 32.2. The minimum absolute atomic E-state index is 0.0626. The molecule has 142 valence electrons. The van der Waals surface area contributed by atoms with Crippen LogP contribution < -0.4 is 10.3 Å². The van der Waals surface area contributed by atoms with Gasteiger partial charge in [0.2, 0.25) is 0 Å². The number of aryl methyl sites for hydroxylation is 3. The molecular weight excluding hydrogens is 380 g/mol. The average molecular weight is 403 g/mol. The van der Waals surface area contributed by atoms with Crippen LogP contribution in [0.4, 0.5) is 0 Å². The highest BCUT2D eigenvalue weighted by Crippen LogP contribution is 2.34. The van der Waals surface area contributed by atoms with Crippen LogP contribution >= 0.6 is 23.1 Å². The number of aliphatic hydroxyl groups excluding tert-OH is 1. The molecule has 1 aliphatic rings. The Morgan fingerprint density at radius 1 is 1.37 bits per heavy atom. The van der Waals surface area contributed by atoms with E-state index >= 15 is 0 Å².